The van der Waals surface area contributed by atoms with Crippen molar-refractivity contribution in [3.63, 3.8) is 0 Å². The van der Waals surface area contributed by atoms with Gasteiger partial charge in [-0.2, -0.15) is 0 Å². The number of esters is 2. The summed E-state index contributed by atoms with van der Waals surface area (Å²) in [5.41, 5.74) is 1.24. The third-order valence-corrected chi connectivity index (χ3v) is 4.11. The van der Waals surface area contributed by atoms with Crippen LogP contribution in [0.25, 0.3) is 6.08 Å². The van der Waals surface area contributed by atoms with Crippen molar-refractivity contribution in [2.24, 2.45) is 4.99 Å². The minimum absolute atomic E-state index is 0.126. The van der Waals surface area contributed by atoms with E-state index in [1.807, 2.05) is 18.2 Å². The molecule has 0 saturated carbocycles. The molecule has 0 spiro atoms. The largest absolute Gasteiger partial charge is 0.423 e. The Bertz CT molecular complexity index is 1150. The van der Waals surface area contributed by atoms with Gasteiger partial charge in [0.05, 0.1) is 5.56 Å². The molecule has 6 heteroatoms. The lowest BCUT2D eigenvalue weighted by Gasteiger charge is -2.06. The Balaban J connectivity index is 1.56. The first-order chi connectivity index (χ1) is 14.1. The fraction of sp³-hybridized carbons (Fsp3) is 0. The standard InChI is InChI=1S/C23H14FNO4/c24-19-12-5-4-11-18(19)22(26)28-17-10-6-7-15(13-17)14-20-23(27)29-21(25-20)16-8-2-1-3-9-16/h1-14H/b20-14-. The predicted molar refractivity (Wildman–Crippen MR) is 105 cm³/mol. The van der Waals surface area contributed by atoms with Crippen molar-refractivity contribution in [3.05, 3.63) is 107 Å². The van der Waals surface area contributed by atoms with Gasteiger partial charge < -0.3 is 9.47 Å². The van der Waals surface area contributed by atoms with Gasteiger partial charge in [-0.15, -0.1) is 0 Å². The highest BCUT2D eigenvalue weighted by Gasteiger charge is 2.24. The third-order valence-electron chi connectivity index (χ3n) is 4.11. The van der Waals surface area contributed by atoms with Gasteiger partial charge in [-0.1, -0.05) is 42.5 Å². The molecule has 0 N–H and O–H groups in total. The van der Waals surface area contributed by atoms with E-state index < -0.39 is 17.8 Å². The lowest BCUT2D eigenvalue weighted by molar-refractivity contribution is -0.129. The van der Waals surface area contributed by atoms with E-state index in [0.29, 0.717) is 11.1 Å². The van der Waals surface area contributed by atoms with E-state index in [-0.39, 0.29) is 22.9 Å². The summed E-state index contributed by atoms with van der Waals surface area (Å²) in [6, 6.07) is 21.1. The smallest absolute Gasteiger partial charge is 0.363 e. The van der Waals surface area contributed by atoms with Crippen molar-refractivity contribution in [2.75, 3.05) is 0 Å². The van der Waals surface area contributed by atoms with Crippen LogP contribution in [0, 0.1) is 5.82 Å². The zero-order valence-corrected chi connectivity index (χ0v) is 15.0. The van der Waals surface area contributed by atoms with E-state index in [9.17, 15) is 14.0 Å². The van der Waals surface area contributed by atoms with Crippen LogP contribution in [0.5, 0.6) is 5.75 Å². The molecule has 0 atom stereocenters. The summed E-state index contributed by atoms with van der Waals surface area (Å²) in [6.45, 7) is 0. The molecule has 0 radical (unpaired) electrons. The summed E-state index contributed by atoms with van der Waals surface area (Å²) in [5, 5.41) is 0. The molecule has 0 bridgehead atoms. The fourth-order valence-electron chi connectivity index (χ4n) is 2.73. The molecule has 0 aliphatic carbocycles. The summed E-state index contributed by atoms with van der Waals surface area (Å²) >= 11 is 0. The second-order valence-corrected chi connectivity index (χ2v) is 6.14. The van der Waals surface area contributed by atoms with E-state index >= 15 is 0 Å². The first kappa shape index (κ1) is 18.3. The van der Waals surface area contributed by atoms with Gasteiger partial charge >= 0.3 is 11.9 Å². The number of hydrogen-bond donors (Lipinski definition) is 0. The van der Waals surface area contributed by atoms with Gasteiger partial charge in [-0.05, 0) is 48.0 Å². The summed E-state index contributed by atoms with van der Waals surface area (Å²) < 4.78 is 24.2. The van der Waals surface area contributed by atoms with Crippen LogP contribution < -0.4 is 4.74 Å². The van der Waals surface area contributed by atoms with Crippen LogP contribution in [0.4, 0.5) is 4.39 Å². The summed E-state index contributed by atoms with van der Waals surface area (Å²) in [7, 11) is 0. The SMILES string of the molecule is O=C1OC(c2ccccc2)=N/C1=C\c1cccc(OC(=O)c2ccccc2F)c1. The number of nitrogens with zero attached hydrogens (tertiary/aromatic N) is 1. The highest BCUT2D eigenvalue weighted by molar-refractivity contribution is 6.12. The normalized spacial score (nSPS) is 14.4. The van der Waals surface area contributed by atoms with Gasteiger partial charge in [0.15, 0.2) is 5.70 Å². The first-order valence-electron chi connectivity index (χ1n) is 8.75. The maximum atomic E-state index is 13.7. The Morgan fingerprint density at radius 3 is 2.52 bits per heavy atom. The predicted octanol–water partition coefficient (Wildman–Crippen LogP) is 4.39. The van der Waals surface area contributed by atoms with Crippen molar-refractivity contribution in [1.82, 2.24) is 0 Å². The zero-order valence-electron chi connectivity index (χ0n) is 15.0. The number of carbonyl (C=O) groups excluding carboxylic acids is 2. The average molecular weight is 387 g/mol. The summed E-state index contributed by atoms with van der Waals surface area (Å²) in [4.78, 5) is 28.5. The van der Waals surface area contributed by atoms with Crippen molar-refractivity contribution in [2.45, 2.75) is 0 Å². The quantitative estimate of drug-likeness (QED) is 0.378. The molecular weight excluding hydrogens is 373 g/mol. The molecule has 1 aliphatic rings. The van der Waals surface area contributed by atoms with Crippen LogP contribution in [0.2, 0.25) is 0 Å². The highest BCUT2D eigenvalue weighted by Crippen LogP contribution is 2.22. The van der Waals surface area contributed by atoms with Crippen LogP contribution >= 0.6 is 0 Å². The van der Waals surface area contributed by atoms with E-state index in [4.69, 9.17) is 9.47 Å². The number of ether oxygens (including phenoxy) is 2. The first-order valence-corrected chi connectivity index (χ1v) is 8.75. The number of carbonyl (C=O) groups is 2. The van der Waals surface area contributed by atoms with Gasteiger partial charge in [0, 0.05) is 5.56 Å². The van der Waals surface area contributed by atoms with Crippen molar-refractivity contribution < 1.29 is 23.5 Å². The van der Waals surface area contributed by atoms with Crippen LogP contribution in [0.1, 0.15) is 21.5 Å². The van der Waals surface area contributed by atoms with Crippen LogP contribution in [-0.2, 0) is 9.53 Å². The lowest BCUT2D eigenvalue weighted by Crippen LogP contribution is -2.10. The topological polar surface area (TPSA) is 65.0 Å². The minimum Gasteiger partial charge on any atom is -0.423 e. The van der Waals surface area contributed by atoms with Crippen molar-refractivity contribution in [3.8, 4) is 5.75 Å². The number of cyclic esters (lactones) is 1. The van der Waals surface area contributed by atoms with E-state index in [1.165, 1.54) is 24.3 Å². The van der Waals surface area contributed by atoms with Crippen LogP contribution in [0.3, 0.4) is 0 Å². The Morgan fingerprint density at radius 1 is 0.966 bits per heavy atom. The maximum absolute atomic E-state index is 13.7. The molecule has 29 heavy (non-hydrogen) atoms. The molecule has 0 fully saturated rings. The van der Waals surface area contributed by atoms with Gasteiger partial charge in [-0.3, -0.25) is 0 Å². The van der Waals surface area contributed by atoms with Gasteiger partial charge in [0.1, 0.15) is 11.6 Å². The van der Waals surface area contributed by atoms with E-state index in [2.05, 4.69) is 4.99 Å². The zero-order chi connectivity index (χ0) is 20.2. The Hall–Kier alpha value is -4.06. The maximum Gasteiger partial charge on any atom is 0.363 e. The Labute approximate surface area is 165 Å². The number of benzene rings is 3. The molecule has 1 aliphatic heterocycles. The highest BCUT2D eigenvalue weighted by atomic mass is 19.1. The van der Waals surface area contributed by atoms with E-state index in [1.54, 1.807) is 42.5 Å². The molecular formula is C23H14FNO4. The Kier molecular flexibility index (Phi) is 4.99. The number of aliphatic imine (C=N–C) groups is 1. The number of rotatable bonds is 4. The van der Waals surface area contributed by atoms with Crippen LogP contribution in [0.15, 0.2) is 89.6 Å². The second-order valence-electron chi connectivity index (χ2n) is 6.14. The summed E-state index contributed by atoms with van der Waals surface area (Å²) in [6.07, 6.45) is 1.53. The molecule has 1 heterocycles. The molecule has 0 unspecified atom stereocenters. The average Bonchev–Trinajstić information content (AvgIpc) is 3.09. The summed E-state index contributed by atoms with van der Waals surface area (Å²) in [5.74, 6) is -1.60. The number of halogens is 1. The molecule has 3 aromatic carbocycles. The lowest BCUT2D eigenvalue weighted by atomic mass is 10.2. The monoisotopic (exact) mass is 387 g/mol. The number of hydrogen-bond acceptors (Lipinski definition) is 5. The molecule has 142 valence electrons. The fourth-order valence-corrected chi connectivity index (χ4v) is 2.73. The van der Waals surface area contributed by atoms with Gasteiger partial charge in [0.2, 0.25) is 5.90 Å². The molecule has 5 nitrogen and oxygen atoms in total. The van der Waals surface area contributed by atoms with Gasteiger partial charge in [-0.25, -0.2) is 19.0 Å². The molecule has 3 aromatic rings. The molecule has 0 aromatic heterocycles. The molecule has 0 amide bonds. The Morgan fingerprint density at radius 2 is 1.72 bits per heavy atom. The van der Waals surface area contributed by atoms with Crippen LogP contribution in [-0.4, -0.2) is 17.8 Å². The third kappa shape index (κ3) is 4.11. The van der Waals surface area contributed by atoms with E-state index in [0.717, 1.165) is 0 Å². The second kappa shape index (κ2) is 7.90. The van der Waals surface area contributed by atoms with Gasteiger partial charge in [0.25, 0.3) is 0 Å². The minimum atomic E-state index is -0.808. The molecule has 4 rings (SSSR count). The van der Waals surface area contributed by atoms with Crippen molar-refractivity contribution in [1.29, 1.82) is 0 Å². The molecule has 0 saturated heterocycles. The van der Waals surface area contributed by atoms with Crippen molar-refractivity contribution >= 4 is 23.9 Å².